The predicted octanol–water partition coefficient (Wildman–Crippen LogP) is 2.22. The Morgan fingerprint density at radius 2 is 2.04 bits per heavy atom. The molecule has 0 aromatic carbocycles. The van der Waals surface area contributed by atoms with Crippen LogP contribution in [0.4, 0.5) is 5.82 Å². The number of imidazole rings is 1. The van der Waals surface area contributed by atoms with Crippen LogP contribution >= 0.6 is 0 Å². The molecular formula is C20H24N6O. The lowest BCUT2D eigenvalue weighted by molar-refractivity contribution is 0.0761. The van der Waals surface area contributed by atoms with Gasteiger partial charge in [0.2, 0.25) is 0 Å². The second-order valence-corrected chi connectivity index (χ2v) is 7.29. The molecule has 0 spiro atoms. The molecule has 0 saturated carbocycles. The number of nitrogens with one attached hydrogen (secondary N) is 1. The zero-order chi connectivity index (χ0) is 18.8. The minimum Gasteiger partial charge on any atom is -0.354 e. The summed E-state index contributed by atoms with van der Waals surface area (Å²) in [6, 6.07) is 4.35. The van der Waals surface area contributed by atoms with E-state index in [0.29, 0.717) is 30.9 Å². The smallest absolute Gasteiger partial charge is 0.274 e. The fourth-order valence-corrected chi connectivity index (χ4v) is 4.00. The van der Waals surface area contributed by atoms with E-state index in [1.54, 1.807) is 6.33 Å². The van der Waals surface area contributed by atoms with Crippen LogP contribution in [-0.4, -0.2) is 51.9 Å². The molecule has 1 aliphatic carbocycles. The average Bonchev–Trinajstić information content (AvgIpc) is 2.98. The van der Waals surface area contributed by atoms with Gasteiger partial charge in [0, 0.05) is 37.6 Å². The Labute approximate surface area is 159 Å². The molecule has 1 N–H and O–H groups in total. The Bertz CT molecular complexity index is 896. The summed E-state index contributed by atoms with van der Waals surface area (Å²) < 4.78 is 0. The zero-order valence-electron chi connectivity index (χ0n) is 15.7. The number of anilines is 1. The van der Waals surface area contributed by atoms with Crippen LogP contribution in [0.2, 0.25) is 0 Å². The number of nitriles is 1. The van der Waals surface area contributed by atoms with Gasteiger partial charge in [-0.2, -0.15) is 5.26 Å². The van der Waals surface area contributed by atoms with Crippen molar-refractivity contribution in [3.8, 4) is 6.07 Å². The second kappa shape index (κ2) is 7.39. The van der Waals surface area contributed by atoms with Crippen LogP contribution in [0.15, 0.2) is 12.4 Å². The highest BCUT2D eigenvalue weighted by molar-refractivity contribution is 5.93. The molecule has 1 aliphatic heterocycles. The molecule has 3 heterocycles. The Kier molecular flexibility index (Phi) is 4.80. The number of H-pyrrole nitrogens is 1. The van der Waals surface area contributed by atoms with Crippen molar-refractivity contribution in [1.29, 1.82) is 5.26 Å². The quantitative estimate of drug-likeness (QED) is 0.883. The molecule has 0 unspecified atom stereocenters. The number of amides is 1. The highest BCUT2D eigenvalue weighted by Gasteiger charge is 2.25. The topological polar surface area (TPSA) is 88.9 Å². The predicted molar refractivity (Wildman–Crippen MR) is 102 cm³/mol. The zero-order valence-corrected chi connectivity index (χ0v) is 15.7. The fraction of sp³-hybridized carbons (Fsp3) is 0.500. The number of aromatic nitrogens is 3. The molecule has 2 aromatic rings. The summed E-state index contributed by atoms with van der Waals surface area (Å²) >= 11 is 0. The van der Waals surface area contributed by atoms with E-state index in [0.717, 1.165) is 49.4 Å². The van der Waals surface area contributed by atoms with E-state index < -0.39 is 0 Å². The molecule has 0 atom stereocenters. The number of aryl methyl sites for hydroxylation is 3. The maximum atomic E-state index is 12.7. The van der Waals surface area contributed by atoms with E-state index in [4.69, 9.17) is 4.98 Å². The van der Waals surface area contributed by atoms with Gasteiger partial charge in [-0.15, -0.1) is 0 Å². The molecule has 140 valence electrons. The van der Waals surface area contributed by atoms with Crippen LogP contribution in [0.3, 0.4) is 0 Å². The van der Waals surface area contributed by atoms with Gasteiger partial charge in [-0.05, 0) is 50.7 Å². The largest absolute Gasteiger partial charge is 0.354 e. The van der Waals surface area contributed by atoms with Gasteiger partial charge < -0.3 is 14.8 Å². The number of hydrogen-bond acceptors (Lipinski definition) is 5. The molecule has 1 amide bonds. The van der Waals surface area contributed by atoms with Crippen LogP contribution in [-0.2, 0) is 12.8 Å². The van der Waals surface area contributed by atoms with Gasteiger partial charge in [0.25, 0.3) is 5.91 Å². The lowest BCUT2D eigenvalue weighted by Gasteiger charge is -2.25. The molecule has 0 radical (unpaired) electrons. The highest BCUT2D eigenvalue weighted by atomic mass is 16.2. The van der Waals surface area contributed by atoms with E-state index in [1.807, 2.05) is 17.9 Å². The van der Waals surface area contributed by atoms with E-state index in [1.165, 1.54) is 12.0 Å². The first-order valence-corrected chi connectivity index (χ1v) is 9.64. The summed E-state index contributed by atoms with van der Waals surface area (Å²) in [4.78, 5) is 28.8. The van der Waals surface area contributed by atoms with E-state index in [2.05, 4.69) is 20.9 Å². The number of rotatable bonds is 2. The van der Waals surface area contributed by atoms with Crippen molar-refractivity contribution in [2.75, 3.05) is 31.1 Å². The first-order chi connectivity index (χ1) is 13.2. The third-order valence-corrected chi connectivity index (χ3v) is 5.52. The molecule has 2 aliphatic rings. The minimum absolute atomic E-state index is 0.0329. The summed E-state index contributed by atoms with van der Waals surface area (Å²) in [7, 11) is 0. The Morgan fingerprint density at radius 1 is 1.19 bits per heavy atom. The molecule has 4 rings (SSSR count). The number of carbonyl (C=O) groups is 1. The number of aromatic amines is 1. The van der Waals surface area contributed by atoms with Gasteiger partial charge in [-0.25, -0.2) is 9.97 Å². The molecule has 7 nitrogen and oxygen atoms in total. The van der Waals surface area contributed by atoms with Gasteiger partial charge in [0.15, 0.2) is 0 Å². The lowest BCUT2D eigenvalue weighted by Crippen LogP contribution is -2.36. The van der Waals surface area contributed by atoms with Gasteiger partial charge in [-0.3, -0.25) is 4.79 Å². The van der Waals surface area contributed by atoms with Gasteiger partial charge in [0.1, 0.15) is 17.6 Å². The van der Waals surface area contributed by atoms with Crippen LogP contribution < -0.4 is 4.90 Å². The maximum absolute atomic E-state index is 12.7. The van der Waals surface area contributed by atoms with Crippen molar-refractivity contribution in [1.82, 2.24) is 19.9 Å². The number of pyridine rings is 1. The van der Waals surface area contributed by atoms with Gasteiger partial charge in [-0.1, -0.05) is 0 Å². The standard InChI is InChI=1S/C20H24N6O/c1-14-18(23-13-22-14)20(27)26-8-4-7-25(9-10-26)19-16(12-21)11-15-5-2-3-6-17(15)24-19/h11,13H,2-10H2,1H3,(H,22,23). The number of hydrogen-bond donors (Lipinski definition) is 1. The molecule has 27 heavy (non-hydrogen) atoms. The number of carbonyl (C=O) groups excluding carboxylic acids is 1. The van der Waals surface area contributed by atoms with Crippen molar-refractivity contribution < 1.29 is 4.79 Å². The Hall–Kier alpha value is -2.88. The van der Waals surface area contributed by atoms with Crippen molar-refractivity contribution in [3.05, 3.63) is 40.6 Å². The van der Waals surface area contributed by atoms with Crippen molar-refractivity contribution in [2.24, 2.45) is 0 Å². The van der Waals surface area contributed by atoms with E-state index in [9.17, 15) is 10.1 Å². The van der Waals surface area contributed by atoms with E-state index in [-0.39, 0.29) is 5.91 Å². The molecule has 1 saturated heterocycles. The first-order valence-electron chi connectivity index (χ1n) is 9.64. The monoisotopic (exact) mass is 364 g/mol. The third kappa shape index (κ3) is 3.39. The Morgan fingerprint density at radius 3 is 2.81 bits per heavy atom. The summed E-state index contributed by atoms with van der Waals surface area (Å²) in [6.07, 6.45) is 6.75. The summed E-state index contributed by atoms with van der Waals surface area (Å²) in [5.41, 5.74) is 4.30. The molecule has 7 heteroatoms. The maximum Gasteiger partial charge on any atom is 0.274 e. The first kappa shape index (κ1) is 17.5. The van der Waals surface area contributed by atoms with E-state index >= 15 is 0 Å². The molecular weight excluding hydrogens is 340 g/mol. The number of nitrogens with zero attached hydrogens (tertiary/aromatic N) is 5. The fourth-order valence-electron chi connectivity index (χ4n) is 4.00. The Balaban J connectivity index is 1.54. The summed E-state index contributed by atoms with van der Waals surface area (Å²) in [5, 5.41) is 9.62. The SMILES string of the molecule is Cc1[nH]cnc1C(=O)N1CCCN(c2nc3c(cc2C#N)CCCC3)CC1. The molecule has 0 bridgehead atoms. The van der Waals surface area contributed by atoms with Crippen LogP contribution in [0.5, 0.6) is 0 Å². The normalized spacial score (nSPS) is 17.2. The molecule has 2 aromatic heterocycles. The minimum atomic E-state index is -0.0329. The van der Waals surface area contributed by atoms with Crippen molar-refractivity contribution in [3.63, 3.8) is 0 Å². The van der Waals surface area contributed by atoms with Crippen LogP contribution in [0.1, 0.15) is 52.3 Å². The molecule has 1 fully saturated rings. The summed E-state index contributed by atoms with van der Waals surface area (Å²) in [6.45, 7) is 4.63. The third-order valence-electron chi connectivity index (χ3n) is 5.52. The lowest BCUT2D eigenvalue weighted by atomic mass is 9.95. The van der Waals surface area contributed by atoms with Gasteiger partial charge >= 0.3 is 0 Å². The number of fused-ring (bicyclic) bond motifs is 1. The highest BCUT2D eigenvalue weighted by Crippen LogP contribution is 2.27. The average molecular weight is 364 g/mol. The van der Waals surface area contributed by atoms with Crippen LogP contribution in [0, 0.1) is 18.3 Å². The van der Waals surface area contributed by atoms with Gasteiger partial charge in [0.05, 0.1) is 11.9 Å². The van der Waals surface area contributed by atoms with Crippen LogP contribution in [0.25, 0.3) is 0 Å². The summed E-state index contributed by atoms with van der Waals surface area (Å²) in [5.74, 6) is 0.748. The van der Waals surface area contributed by atoms with Crippen molar-refractivity contribution in [2.45, 2.75) is 39.0 Å². The second-order valence-electron chi connectivity index (χ2n) is 7.29. The van der Waals surface area contributed by atoms with Crippen molar-refractivity contribution >= 4 is 11.7 Å².